The van der Waals surface area contributed by atoms with Crippen molar-refractivity contribution < 1.29 is 14.2 Å². The van der Waals surface area contributed by atoms with Crippen molar-refractivity contribution in [2.24, 2.45) is 5.92 Å². The molecular formula is C15H23NO3. The normalized spacial score (nSPS) is 13.8. The van der Waals surface area contributed by atoms with Crippen LogP contribution in [0.4, 0.5) is 0 Å². The molecule has 0 amide bonds. The van der Waals surface area contributed by atoms with Crippen LogP contribution >= 0.6 is 0 Å². The van der Waals surface area contributed by atoms with E-state index in [1.807, 2.05) is 12.1 Å². The fourth-order valence-electron chi connectivity index (χ4n) is 1.96. The van der Waals surface area contributed by atoms with Crippen molar-refractivity contribution in [3.8, 4) is 11.5 Å². The van der Waals surface area contributed by atoms with E-state index in [-0.39, 0.29) is 0 Å². The summed E-state index contributed by atoms with van der Waals surface area (Å²) in [6, 6.07) is 6.01. The van der Waals surface area contributed by atoms with Crippen molar-refractivity contribution in [1.29, 1.82) is 0 Å². The second kappa shape index (κ2) is 7.36. The summed E-state index contributed by atoms with van der Waals surface area (Å²) in [5.74, 6) is 2.32. The largest absolute Gasteiger partial charge is 0.486 e. The maximum absolute atomic E-state index is 5.67. The molecule has 1 aliphatic rings. The Balaban J connectivity index is 1.74. The maximum atomic E-state index is 5.67. The standard InChI is InChI=1S/C15H23NO3/c1-12(2)11-17-7-6-16-10-13-4-3-5-14-15(13)19-9-8-18-14/h3-5,12,16H,6-11H2,1-2H3. The highest BCUT2D eigenvalue weighted by molar-refractivity contribution is 5.47. The first kappa shape index (κ1) is 14.2. The van der Waals surface area contributed by atoms with Crippen molar-refractivity contribution in [1.82, 2.24) is 5.32 Å². The molecule has 0 spiro atoms. The van der Waals surface area contributed by atoms with Gasteiger partial charge >= 0.3 is 0 Å². The van der Waals surface area contributed by atoms with E-state index in [2.05, 4.69) is 25.2 Å². The summed E-state index contributed by atoms with van der Waals surface area (Å²) < 4.78 is 16.8. The third-order valence-corrected chi connectivity index (χ3v) is 2.84. The van der Waals surface area contributed by atoms with Crippen LogP contribution in [0.2, 0.25) is 0 Å². The lowest BCUT2D eigenvalue weighted by molar-refractivity contribution is 0.111. The van der Waals surface area contributed by atoms with Crippen LogP contribution in [-0.2, 0) is 11.3 Å². The second-order valence-electron chi connectivity index (χ2n) is 5.09. The quantitative estimate of drug-likeness (QED) is 0.767. The number of hydrogen-bond acceptors (Lipinski definition) is 4. The molecule has 0 unspecified atom stereocenters. The highest BCUT2D eigenvalue weighted by atomic mass is 16.6. The molecule has 1 heterocycles. The summed E-state index contributed by atoms with van der Waals surface area (Å²) in [6.45, 7) is 8.75. The monoisotopic (exact) mass is 265 g/mol. The number of rotatable bonds is 7. The summed E-state index contributed by atoms with van der Waals surface area (Å²) in [4.78, 5) is 0. The van der Waals surface area contributed by atoms with E-state index in [1.54, 1.807) is 0 Å². The lowest BCUT2D eigenvalue weighted by Crippen LogP contribution is -2.22. The van der Waals surface area contributed by atoms with Crippen molar-refractivity contribution in [3.63, 3.8) is 0 Å². The van der Waals surface area contributed by atoms with Crippen LogP contribution < -0.4 is 14.8 Å². The molecule has 2 rings (SSSR count). The molecule has 4 heteroatoms. The Morgan fingerprint density at radius 2 is 2.11 bits per heavy atom. The van der Waals surface area contributed by atoms with Crippen LogP contribution in [0.3, 0.4) is 0 Å². The zero-order chi connectivity index (χ0) is 13.5. The zero-order valence-corrected chi connectivity index (χ0v) is 11.8. The van der Waals surface area contributed by atoms with Crippen molar-refractivity contribution in [2.45, 2.75) is 20.4 Å². The molecule has 1 aliphatic heterocycles. The molecule has 0 radical (unpaired) electrons. The Kier molecular flexibility index (Phi) is 5.48. The molecule has 19 heavy (non-hydrogen) atoms. The highest BCUT2D eigenvalue weighted by Crippen LogP contribution is 2.33. The lowest BCUT2D eigenvalue weighted by Gasteiger charge is -2.21. The molecule has 0 aromatic heterocycles. The number of hydrogen-bond donors (Lipinski definition) is 1. The van der Waals surface area contributed by atoms with E-state index in [9.17, 15) is 0 Å². The van der Waals surface area contributed by atoms with Gasteiger partial charge in [0.25, 0.3) is 0 Å². The van der Waals surface area contributed by atoms with E-state index in [4.69, 9.17) is 14.2 Å². The molecule has 0 atom stereocenters. The second-order valence-corrected chi connectivity index (χ2v) is 5.09. The van der Waals surface area contributed by atoms with Crippen LogP contribution in [0.15, 0.2) is 18.2 Å². The first-order valence-electron chi connectivity index (χ1n) is 6.93. The Bertz CT molecular complexity index is 393. The lowest BCUT2D eigenvalue weighted by atomic mass is 10.1. The van der Waals surface area contributed by atoms with Gasteiger partial charge in [-0.25, -0.2) is 0 Å². The molecule has 0 bridgehead atoms. The minimum Gasteiger partial charge on any atom is -0.486 e. The smallest absolute Gasteiger partial charge is 0.165 e. The fraction of sp³-hybridized carbons (Fsp3) is 0.600. The van der Waals surface area contributed by atoms with Gasteiger partial charge in [0.05, 0.1) is 6.61 Å². The minimum atomic E-state index is 0.590. The van der Waals surface area contributed by atoms with Gasteiger partial charge in [-0.1, -0.05) is 26.0 Å². The number of fused-ring (bicyclic) bond motifs is 1. The third kappa shape index (κ3) is 4.40. The SMILES string of the molecule is CC(C)COCCNCc1cccc2c1OCCO2. The average molecular weight is 265 g/mol. The van der Waals surface area contributed by atoms with Crippen molar-refractivity contribution >= 4 is 0 Å². The van der Waals surface area contributed by atoms with E-state index >= 15 is 0 Å². The topological polar surface area (TPSA) is 39.7 Å². The van der Waals surface area contributed by atoms with Gasteiger partial charge in [-0.2, -0.15) is 0 Å². The van der Waals surface area contributed by atoms with Crippen LogP contribution in [0.1, 0.15) is 19.4 Å². The first-order valence-corrected chi connectivity index (χ1v) is 6.93. The number of ether oxygens (including phenoxy) is 3. The first-order chi connectivity index (χ1) is 9.27. The summed E-state index contributed by atoms with van der Waals surface area (Å²) >= 11 is 0. The Morgan fingerprint density at radius 3 is 2.95 bits per heavy atom. The molecule has 0 saturated carbocycles. The Hall–Kier alpha value is -1.26. The Morgan fingerprint density at radius 1 is 1.26 bits per heavy atom. The van der Waals surface area contributed by atoms with Crippen LogP contribution in [0.5, 0.6) is 11.5 Å². The fourth-order valence-corrected chi connectivity index (χ4v) is 1.96. The predicted molar refractivity (Wildman–Crippen MR) is 74.8 cm³/mol. The Labute approximate surface area is 115 Å². The van der Waals surface area contributed by atoms with E-state index in [0.29, 0.717) is 19.1 Å². The third-order valence-electron chi connectivity index (χ3n) is 2.84. The average Bonchev–Trinajstić information content (AvgIpc) is 2.42. The number of para-hydroxylation sites is 1. The molecule has 0 saturated heterocycles. The van der Waals surface area contributed by atoms with Crippen LogP contribution in [0.25, 0.3) is 0 Å². The molecule has 4 nitrogen and oxygen atoms in total. The summed E-state index contributed by atoms with van der Waals surface area (Å²) in [6.07, 6.45) is 0. The van der Waals surface area contributed by atoms with Gasteiger partial charge < -0.3 is 19.5 Å². The van der Waals surface area contributed by atoms with Gasteiger partial charge in [0.1, 0.15) is 13.2 Å². The van der Waals surface area contributed by atoms with Gasteiger partial charge in [0.15, 0.2) is 11.5 Å². The van der Waals surface area contributed by atoms with Gasteiger partial charge in [0, 0.05) is 25.3 Å². The summed E-state index contributed by atoms with van der Waals surface area (Å²) in [7, 11) is 0. The summed E-state index contributed by atoms with van der Waals surface area (Å²) in [5.41, 5.74) is 1.14. The number of benzene rings is 1. The van der Waals surface area contributed by atoms with Crippen LogP contribution in [-0.4, -0.2) is 33.0 Å². The van der Waals surface area contributed by atoms with Gasteiger partial charge in [0.2, 0.25) is 0 Å². The van der Waals surface area contributed by atoms with E-state index < -0.39 is 0 Å². The molecule has 1 N–H and O–H groups in total. The minimum absolute atomic E-state index is 0.590. The van der Waals surface area contributed by atoms with Crippen LogP contribution in [0, 0.1) is 5.92 Å². The summed E-state index contributed by atoms with van der Waals surface area (Å²) in [5, 5.41) is 3.36. The number of nitrogens with one attached hydrogen (secondary N) is 1. The highest BCUT2D eigenvalue weighted by Gasteiger charge is 2.14. The van der Waals surface area contributed by atoms with Gasteiger partial charge in [-0.05, 0) is 12.0 Å². The molecule has 1 aromatic rings. The zero-order valence-electron chi connectivity index (χ0n) is 11.8. The molecule has 0 fully saturated rings. The van der Waals surface area contributed by atoms with Crippen molar-refractivity contribution in [2.75, 3.05) is 33.0 Å². The molecule has 1 aromatic carbocycles. The predicted octanol–water partition coefficient (Wildman–Crippen LogP) is 2.22. The van der Waals surface area contributed by atoms with E-state index in [1.165, 1.54) is 0 Å². The van der Waals surface area contributed by atoms with E-state index in [0.717, 1.165) is 43.4 Å². The van der Waals surface area contributed by atoms with Gasteiger partial charge in [-0.15, -0.1) is 0 Å². The molecule has 0 aliphatic carbocycles. The van der Waals surface area contributed by atoms with Gasteiger partial charge in [-0.3, -0.25) is 0 Å². The molecular weight excluding hydrogens is 242 g/mol. The molecule has 106 valence electrons. The maximum Gasteiger partial charge on any atom is 0.165 e. The van der Waals surface area contributed by atoms with Crippen molar-refractivity contribution in [3.05, 3.63) is 23.8 Å².